The van der Waals surface area contributed by atoms with Gasteiger partial charge in [0.1, 0.15) is 17.9 Å². The SMILES string of the molecule is CCCC(CCN)CCC(=O)Cc1ncnn1C. The van der Waals surface area contributed by atoms with Crippen LogP contribution in [0.1, 0.15) is 44.9 Å². The van der Waals surface area contributed by atoms with Crippen LogP contribution >= 0.6 is 0 Å². The van der Waals surface area contributed by atoms with Crippen LogP contribution < -0.4 is 5.73 Å². The Morgan fingerprint density at radius 2 is 2.22 bits per heavy atom. The van der Waals surface area contributed by atoms with Crippen LogP contribution in [0.3, 0.4) is 0 Å². The monoisotopic (exact) mass is 252 g/mol. The molecule has 0 aliphatic carbocycles. The van der Waals surface area contributed by atoms with Gasteiger partial charge in [-0.25, -0.2) is 4.98 Å². The molecular weight excluding hydrogens is 228 g/mol. The van der Waals surface area contributed by atoms with E-state index in [9.17, 15) is 4.79 Å². The predicted octanol–water partition coefficient (Wildman–Crippen LogP) is 1.47. The number of nitrogens with two attached hydrogens (primary N) is 1. The molecule has 0 bridgehead atoms. The normalized spacial score (nSPS) is 12.6. The first-order valence-electron chi connectivity index (χ1n) is 6.72. The second-order valence-electron chi connectivity index (χ2n) is 4.79. The number of rotatable bonds is 9. The molecule has 1 aromatic heterocycles. The van der Waals surface area contributed by atoms with Crippen molar-refractivity contribution in [1.82, 2.24) is 14.8 Å². The average molecular weight is 252 g/mol. The van der Waals surface area contributed by atoms with Gasteiger partial charge in [0.2, 0.25) is 0 Å². The summed E-state index contributed by atoms with van der Waals surface area (Å²) in [4.78, 5) is 15.9. The first kappa shape index (κ1) is 14.8. The molecule has 1 aromatic rings. The molecule has 0 saturated heterocycles. The highest BCUT2D eigenvalue weighted by Gasteiger charge is 2.12. The minimum atomic E-state index is 0.240. The Kier molecular flexibility index (Phi) is 6.57. The van der Waals surface area contributed by atoms with E-state index >= 15 is 0 Å². The van der Waals surface area contributed by atoms with Gasteiger partial charge in [-0.1, -0.05) is 19.8 Å². The second-order valence-corrected chi connectivity index (χ2v) is 4.79. The van der Waals surface area contributed by atoms with Crippen molar-refractivity contribution in [2.45, 2.75) is 45.4 Å². The number of hydrogen-bond donors (Lipinski definition) is 1. The molecule has 2 N–H and O–H groups in total. The van der Waals surface area contributed by atoms with Gasteiger partial charge in [-0.2, -0.15) is 5.10 Å². The molecule has 0 amide bonds. The quantitative estimate of drug-likeness (QED) is 0.722. The van der Waals surface area contributed by atoms with Crippen molar-refractivity contribution in [3.8, 4) is 0 Å². The van der Waals surface area contributed by atoms with E-state index in [1.54, 1.807) is 4.68 Å². The zero-order chi connectivity index (χ0) is 13.4. The molecule has 0 aliphatic heterocycles. The van der Waals surface area contributed by atoms with Crippen LogP contribution in [0.5, 0.6) is 0 Å². The van der Waals surface area contributed by atoms with Crippen molar-refractivity contribution in [1.29, 1.82) is 0 Å². The third kappa shape index (κ3) is 4.96. The molecule has 0 fully saturated rings. The number of carbonyl (C=O) groups excluding carboxylic acids is 1. The molecule has 1 rings (SSSR count). The summed E-state index contributed by atoms with van der Waals surface area (Å²) in [5.74, 6) is 1.57. The Balaban J connectivity index is 2.33. The second kappa shape index (κ2) is 7.97. The molecule has 18 heavy (non-hydrogen) atoms. The van der Waals surface area contributed by atoms with Crippen LogP contribution in [0.15, 0.2) is 6.33 Å². The molecule has 1 heterocycles. The lowest BCUT2D eigenvalue weighted by atomic mass is 9.93. The van der Waals surface area contributed by atoms with Crippen LogP contribution in [-0.2, 0) is 18.3 Å². The third-order valence-electron chi connectivity index (χ3n) is 3.26. The highest BCUT2D eigenvalue weighted by Crippen LogP contribution is 2.17. The molecular formula is C13H24N4O. The smallest absolute Gasteiger partial charge is 0.140 e. The fourth-order valence-corrected chi connectivity index (χ4v) is 2.19. The number of Topliss-reactive ketones (excluding diaryl/α,β-unsaturated/α-hetero) is 1. The number of nitrogens with zero attached hydrogens (tertiary/aromatic N) is 3. The van der Waals surface area contributed by atoms with Crippen LogP contribution in [0, 0.1) is 5.92 Å². The van der Waals surface area contributed by atoms with Gasteiger partial charge < -0.3 is 5.73 Å². The zero-order valence-electron chi connectivity index (χ0n) is 11.4. The summed E-state index contributed by atoms with van der Waals surface area (Å²) in [5.41, 5.74) is 5.59. The first-order valence-corrected chi connectivity index (χ1v) is 6.72. The van der Waals surface area contributed by atoms with Crippen molar-refractivity contribution in [3.05, 3.63) is 12.2 Å². The largest absolute Gasteiger partial charge is 0.330 e. The highest BCUT2D eigenvalue weighted by atomic mass is 16.1. The van der Waals surface area contributed by atoms with Crippen LogP contribution in [0.4, 0.5) is 0 Å². The van der Waals surface area contributed by atoms with Gasteiger partial charge in [0, 0.05) is 13.5 Å². The third-order valence-corrected chi connectivity index (χ3v) is 3.26. The van der Waals surface area contributed by atoms with Crippen LogP contribution in [-0.4, -0.2) is 27.1 Å². The zero-order valence-corrected chi connectivity index (χ0v) is 11.4. The fourth-order valence-electron chi connectivity index (χ4n) is 2.19. The standard InChI is InChI=1S/C13H24N4O/c1-3-4-11(7-8-14)5-6-12(18)9-13-15-10-16-17(13)2/h10-11H,3-9,14H2,1-2H3. The summed E-state index contributed by atoms with van der Waals surface area (Å²) >= 11 is 0. The summed E-state index contributed by atoms with van der Waals surface area (Å²) in [6.07, 6.45) is 6.77. The van der Waals surface area contributed by atoms with Crippen molar-refractivity contribution in [2.75, 3.05) is 6.54 Å². The van der Waals surface area contributed by atoms with Gasteiger partial charge >= 0.3 is 0 Å². The lowest BCUT2D eigenvalue weighted by Crippen LogP contribution is -2.13. The van der Waals surface area contributed by atoms with E-state index in [0.717, 1.165) is 31.5 Å². The van der Waals surface area contributed by atoms with Gasteiger partial charge in [0.05, 0.1) is 6.42 Å². The highest BCUT2D eigenvalue weighted by molar-refractivity contribution is 5.80. The van der Waals surface area contributed by atoms with Crippen LogP contribution in [0.2, 0.25) is 0 Å². The van der Waals surface area contributed by atoms with Crippen molar-refractivity contribution in [2.24, 2.45) is 18.7 Å². The number of ketones is 1. The van der Waals surface area contributed by atoms with E-state index in [0.29, 0.717) is 25.3 Å². The molecule has 5 heteroatoms. The van der Waals surface area contributed by atoms with E-state index in [2.05, 4.69) is 17.0 Å². The van der Waals surface area contributed by atoms with E-state index in [1.807, 2.05) is 7.05 Å². The molecule has 1 unspecified atom stereocenters. The summed E-state index contributed by atoms with van der Waals surface area (Å²) in [6.45, 7) is 2.88. The molecule has 0 radical (unpaired) electrons. The van der Waals surface area contributed by atoms with E-state index in [1.165, 1.54) is 6.33 Å². The lowest BCUT2D eigenvalue weighted by molar-refractivity contribution is -0.118. The lowest BCUT2D eigenvalue weighted by Gasteiger charge is -2.14. The van der Waals surface area contributed by atoms with E-state index in [-0.39, 0.29) is 5.78 Å². The molecule has 0 spiro atoms. The molecule has 1 atom stereocenters. The number of hydrogen-bond acceptors (Lipinski definition) is 4. The van der Waals surface area contributed by atoms with Crippen molar-refractivity contribution in [3.63, 3.8) is 0 Å². The van der Waals surface area contributed by atoms with Gasteiger partial charge in [-0.15, -0.1) is 0 Å². The Bertz CT molecular complexity index is 356. The number of aromatic nitrogens is 3. The van der Waals surface area contributed by atoms with E-state index < -0.39 is 0 Å². The Morgan fingerprint density at radius 1 is 1.44 bits per heavy atom. The topological polar surface area (TPSA) is 73.8 Å². The molecule has 0 saturated carbocycles. The molecule has 0 aliphatic rings. The minimum absolute atomic E-state index is 0.240. The Morgan fingerprint density at radius 3 is 2.78 bits per heavy atom. The Hall–Kier alpha value is -1.23. The fraction of sp³-hybridized carbons (Fsp3) is 0.769. The van der Waals surface area contributed by atoms with Gasteiger partial charge in [0.15, 0.2) is 0 Å². The summed E-state index contributed by atoms with van der Waals surface area (Å²) < 4.78 is 1.65. The van der Waals surface area contributed by atoms with Gasteiger partial charge in [0.25, 0.3) is 0 Å². The summed E-state index contributed by atoms with van der Waals surface area (Å²) in [6, 6.07) is 0. The molecule has 0 aromatic carbocycles. The minimum Gasteiger partial charge on any atom is -0.330 e. The van der Waals surface area contributed by atoms with Gasteiger partial charge in [-0.05, 0) is 25.3 Å². The maximum absolute atomic E-state index is 11.9. The Labute approximate surface area is 109 Å². The predicted molar refractivity (Wildman–Crippen MR) is 71.0 cm³/mol. The molecule has 5 nitrogen and oxygen atoms in total. The summed E-state index contributed by atoms with van der Waals surface area (Å²) in [5, 5.41) is 3.96. The molecule has 102 valence electrons. The maximum atomic E-state index is 11.9. The van der Waals surface area contributed by atoms with Crippen molar-refractivity contribution < 1.29 is 4.79 Å². The van der Waals surface area contributed by atoms with Gasteiger partial charge in [-0.3, -0.25) is 9.48 Å². The number of aryl methyl sites for hydroxylation is 1. The summed E-state index contributed by atoms with van der Waals surface area (Å²) in [7, 11) is 1.81. The van der Waals surface area contributed by atoms with E-state index in [4.69, 9.17) is 5.73 Å². The maximum Gasteiger partial charge on any atom is 0.140 e. The van der Waals surface area contributed by atoms with Crippen molar-refractivity contribution >= 4 is 5.78 Å². The first-order chi connectivity index (χ1) is 8.67. The average Bonchev–Trinajstić information content (AvgIpc) is 2.73. The number of carbonyl (C=O) groups is 1. The van der Waals surface area contributed by atoms with Crippen LogP contribution in [0.25, 0.3) is 0 Å².